The van der Waals surface area contributed by atoms with Crippen molar-refractivity contribution in [3.8, 4) is 0 Å². The molecule has 2 bridgehead atoms. The molecule has 3 aliphatic rings. The number of rotatable bonds is 4. The van der Waals surface area contributed by atoms with Gasteiger partial charge >= 0.3 is 0 Å². The van der Waals surface area contributed by atoms with Crippen LogP contribution in [0.3, 0.4) is 0 Å². The van der Waals surface area contributed by atoms with Gasteiger partial charge in [-0.3, -0.25) is 14.4 Å². The monoisotopic (exact) mass is 321 g/mol. The number of primary amides is 1. The molecule has 3 aliphatic heterocycles. The van der Waals surface area contributed by atoms with Crippen molar-refractivity contribution in [1.29, 1.82) is 0 Å². The molecule has 0 saturated carbocycles. The molecule has 0 radical (unpaired) electrons. The molecule has 2 saturated heterocycles. The molecule has 0 aromatic carbocycles. The number of nitrogens with two attached hydrogens (primary N) is 1. The van der Waals surface area contributed by atoms with Crippen molar-refractivity contribution in [3.63, 3.8) is 0 Å². The molecule has 3 N–H and O–H groups in total. The fourth-order valence-electron chi connectivity index (χ4n) is 4.28. The fourth-order valence-corrected chi connectivity index (χ4v) is 4.28. The Balaban J connectivity index is 1.99. The highest BCUT2D eigenvalue weighted by Crippen LogP contribution is 2.59. The van der Waals surface area contributed by atoms with E-state index < -0.39 is 28.9 Å². The number of likely N-dealkylation sites (tertiary alicyclic amines) is 1. The smallest absolute Gasteiger partial charge is 0.237 e. The minimum absolute atomic E-state index is 0.0244. The number of carbonyl (C=O) groups excluding carboxylic acids is 3. The van der Waals surface area contributed by atoms with E-state index in [2.05, 4.69) is 5.32 Å². The standard InChI is InChI=1S/C16H23N3O4/c1-8(2)18-13(21)11-12-14(22)19(6-10(17)20)7-16(12)5-9(3)15(11,4)23-16/h5,8,11-12H,6-7H2,1-4H3,(H2,17,20)(H,18,21)/t11-,12+,15+,16-/m1/s1. The highest BCUT2D eigenvalue weighted by molar-refractivity contribution is 5.95. The molecule has 4 atom stereocenters. The second kappa shape index (κ2) is 4.80. The molecule has 2 fully saturated rings. The zero-order valence-electron chi connectivity index (χ0n) is 13.9. The number of carbonyl (C=O) groups is 3. The van der Waals surface area contributed by atoms with Gasteiger partial charge in [-0.15, -0.1) is 0 Å². The van der Waals surface area contributed by atoms with Gasteiger partial charge < -0.3 is 20.7 Å². The molecule has 1 spiro atoms. The average molecular weight is 321 g/mol. The fraction of sp³-hybridized carbons (Fsp3) is 0.688. The molecule has 0 unspecified atom stereocenters. The minimum Gasteiger partial charge on any atom is -0.368 e. The summed E-state index contributed by atoms with van der Waals surface area (Å²) < 4.78 is 6.21. The van der Waals surface area contributed by atoms with Crippen molar-refractivity contribution < 1.29 is 19.1 Å². The van der Waals surface area contributed by atoms with Gasteiger partial charge in [0.25, 0.3) is 0 Å². The van der Waals surface area contributed by atoms with Crippen molar-refractivity contribution in [2.24, 2.45) is 17.6 Å². The Morgan fingerprint density at radius 3 is 2.74 bits per heavy atom. The lowest BCUT2D eigenvalue weighted by molar-refractivity contribution is -0.141. The lowest BCUT2D eigenvalue weighted by Gasteiger charge is -2.32. The van der Waals surface area contributed by atoms with Gasteiger partial charge in [0.1, 0.15) is 5.60 Å². The summed E-state index contributed by atoms with van der Waals surface area (Å²) in [4.78, 5) is 38.1. The van der Waals surface area contributed by atoms with Crippen LogP contribution in [0.25, 0.3) is 0 Å². The largest absolute Gasteiger partial charge is 0.368 e. The van der Waals surface area contributed by atoms with Gasteiger partial charge in [0.05, 0.1) is 30.5 Å². The number of fused-ring (bicyclic) bond motifs is 1. The van der Waals surface area contributed by atoms with Crippen LogP contribution in [-0.4, -0.2) is 53.0 Å². The lowest BCUT2D eigenvalue weighted by atomic mass is 9.68. The summed E-state index contributed by atoms with van der Waals surface area (Å²) in [6.45, 7) is 7.65. The van der Waals surface area contributed by atoms with Gasteiger partial charge in [0.15, 0.2) is 0 Å². The Kier molecular flexibility index (Phi) is 3.34. The predicted octanol–water partition coefficient (Wildman–Crippen LogP) is -0.441. The average Bonchev–Trinajstić information content (AvgIpc) is 2.88. The third-order valence-electron chi connectivity index (χ3n) is 5.17. The van der Waals surface area contributed by atoms with Crippen LogP contribution in [-0.2, 0) is 19.1 Å². The molecule has 126 valence electrons. The molecular weight excluding hydrogens is 298 g/mol. The van der Waals surface area contributed by atoms with Crippen LogP contribution in [0.5, 0.6) is 0 Å². The lowest BCUT2D eigenvalue weighted by Crippen LogP contribution is -2.50. The molecule has 3 heterocycles. The van der Waals surface area contributed by atoms with E-state index in [1.807, 2.05) is 33.8 Å². The highest BCUT2D eigenvalue weighted by Gasteiger charge is 2.72. The summed E-state index contributed by atoms with van der Waals surface area (Å²) >= 11 is 0. The SMILES string of the molecule is CC1=C[C@@]23CN(CC(N)=O)C(=O)[C@@H]2[C@H](C(=O)NC(C)C)[C@@]1(C)O3. The maximum absolute atomic E-state index is 12.8. The second-order valence-electron chi connectivity index (χ2n) is 7.27. The number of hydrogen-bond acceptors (Lipinski definition) is 4. The molecule has 0 aliphatic carbocycles. The molecule has 3 amide bonds. The van der Waals surface area contributed by atoms with E-state index in [1.54, 1.807) is 0 Å². The Morgan fingerprint density at radius 2 is 2.17 bits per heavy atom. The van der Waals surface area contributed by atoms with Crippen LogP contribution in [0, 0.1) is 11.8 Å². The Labute approximate surface area is 135 Å². The van der Waals surface area contributed by atoms with Crippen molar-refractivity contribution in [1.82, 2.24) is 10.2 Å². The van der Waals surface area contributed by atoms with E-state index in [0.717, 1.165) is 5.57 Å². The molecular formula is C16H23N3O4. The summed E-state index contributed by atoms with van der Waals surface area (Å²) in [7, 11) is 0. The first-order valence-corrected chi connectivity index (χ1v) is 7.88. The molecule has 7 heteroatoms. The first-order chi connectivity index (χ1) is 10.6. The highest BCUT2D eigenvalue weighted by atomic mass is 16.5. The van der Waals surface area contributed by atoms with Crippen molar-refractivity contribution in [3.05, 3.63) is 11.6 Å². The van der Waals surface area contributed by atoms with E-state index in [1.165, 1.54) is 4.90 Å². The zero-order valence-corrected chi connectivity index (χ0v) is 13.9. The van der Waals surface area contributed by atoms with Gasteiger partial charge in [-0.05, 0) is 39.3 Å². The summed E-state index contributed by atoms with van der Waals surface area (Å²) in [5.74, 6) is -2.19. The normalized spacial score (nSPS) is 38.0. The number of ether oxygens (including phenoxy) is 1. The number of amides is 3. The van der Waals surface area contributed by atoms with E-state index >= 15 is 0 Å². The first-order valence-electron chi connectivity index (χ1n) is 7.88. The minimum atomic E-state index is -0.829. The molecule has 0 aromatic heterocycles. The summed E-state index contributed by atoms with van der Waals surface area (Å²) in [6, 6.07) is -0.0244. The predicted molar refractivity (Wildman–Crippen MR) is 82.0 cm³/mol. The third-order valence-corrected chi connectivity index (χ3v) is 5.17. The van der Waals surface area contributed by atoms with E-state index in [4.69, 9.17) is 10.5 Å². The number of nitrogens with one attached hydrogen (secondary N) is 1. The Hall–Kier alpha value is -1.89. The number of hydrogen-bond donors (Lipinski definition) is 2. The summed E-state index contributed by atoms with van der Waals surface area (Å²) in [5, 5.41) is 2.89. The zero-order chi connectivity index (χ0) is 17.2. The van der Waals surface area contributed by atoms with Crippen molar-refractivity contribution in [2.75, 3.05) is 13.1 Å². The maximum Gasteiger partial charge on any atom is 0.237 e. The Morgan fingerprint density at radius 1 is 1.52 bits per heavy atom. The van der Waals surface area contributed by atoms with E-state index in [-0.39, 0.29) is 30.9 Å². The maximum atomic E-state index is 12.8. The van der Waals surface area contributed by atoms with Crippen molar-refractivity contribution in [2.45, 2.75) is 44.9 Å². The van der Waals surface area contributed by atoms with Gasteiger partial charge in [0.2, 0.25) is 17.7 Å². The Bertz CT molecular complexity index is 629. The second-order valence-corrected chi connectivity index (χ2v) is 7.27. The third kappa shape index (κ3) is 2.09. The van der Waals surface area contributed by atoms with Gasteiger partial charge in [-0.2, -0.15) is 0 Å². The number of nitrogens with zero attached hydrogens (tertiary/aromatic N) is 1. The van der Waals surface area contributed by atoms with Crippen LogP contribution < -0.4 is 11.1 Å². The quantitative estimate of drug-likeness (QED) is 0.685. The van der Waals surface area contributed by atoms with Gasteiger partial charge in [0, 0.05) is 6.04 Å². The van der Waals surface area contributed by atoms with Gasteiger partial charge in [-0.25, -0.2) is 0 Å². The summed E-state index contributed by atoms with van der Waals surface area (Å²) in [5.41, 5.74) is 4.57. The van der Waals surface area contributed by atoms with Crippen LogP contribution >= 0.6 is 0 Å². The molecule has 7 nitrogen and oxygen atoms in total. The molecule has 0 aromatic rings. The van der Waals surface area contributed by atoms with Gasteiger partial charge in [-0.1, -0.05) is 0 Å². The van der Waals surface area contributed by atoms with Crippen LogP contribution in [0.4, 0.5) is 0 Å². The first kappa shape index (κ1) is 16.0. The van der Waals surface area contributed by atoms with Crippen LogP contribution in [0.2, 0.25) is 0 Å². The summed E-state index contributed by atoms with van der Waals surface area (Å²) in [6.07, 6.45) is 1.94. The van der Waals surface area contributed by atoms with Crippen LogP contribution in [0.1, 0.15) is 27.7 Å². The van der Waals surface area contributed by atoms with E-state index in [9.17, 15) is 14.4 Å². The van der Waals surface area contributed by atoms with Crippen LogP contribution in [0.15, 0.2) is 11.6 Å². The van der Waals surface area contributed by atoms with E-state index in [0.29, 0.717) is 0 Å². The molecule has 3 rings (SSSR count). The topological polar surface area (TPSA) is 102 Å². The molecule has 23 heavy (non-hydrogen) atoms. The van der Waals surface area contributed by atoms with Crippen molar-refractivity contribution >= 4 is 17.7 Å².